The number of amides is 1. The Balaban J connectivity index is 2.90. The van der Waals surface area contributed by atoms with Crippen molar-refractivity contribution in [3.63, 3.8) is 0 Å². The molecule has 0 fully saturated rings. The molecule has 0 aromatic heterocycles. The molecular formula is C12H13BrClNO5S. The van der Waals surface area contributed by atoms with Crippen molar-refractivity contribution in [3.05, 3.63) is 33.3 Å². The zero-order chi connectivity index (χ0) is 16.2. The molecule has 6 nitrogen and oxygen atoms in total. The van der Waals surface area contributed by atoms with E-state index in [1.807, 2.05) is 0 Å². The lowest BCUT2D eigenvalue weighted by molar-refractivity contribution is -0.140. The molecule has 1 atom stereocenters. The minimum Gasteiger partial charge on any atom is -0.480 e. The summed E-state index contributed by atoms with van der Waals surface area (Å²) in [6.45, 7) is 1.12. The van der Waals surface area contributed by atoms with Gasteiger partial charge in [0.15, 0.2) is 9.84 Å². The van der Waals surface area contributed by atoms with E-state index in [2.05, 4.69) is 21.2 Å². The molecule has 0 heterocycles. The third kappa shape index (κ3) is 6.03. The van der Waals surface area contributed by atoms with E-state index >= 15 is 0 Å². The number of hydrogen-bond donors (Lipinski definition) is 2. The number of hydrogen-bond acceptors (Lipinski definition) is 4. The van der Waals surface area contributed by atoms with E-state index in [1.54, 1.807) is 12.1 Å². The minimum atomic E-state index is -3.76. The molecule has 1 aromatic rings. The van der Waals surface area contributed by atoms with E-state index in [4.69, 9.17) is 16.7 Å². The second kappa shape index (κ2) is 7.24. The first-order valence-corrected chi connectivity index (χ1v) is 8.74. The zero-order valence-corrected chi connectivity index (χ0v) is 14.1. The highest BCUT2D eigenvalue weighted by Gasteiger charge is 2.26. The number of halogens is 2. The van der Waals surface area contributed by atoms with E-state index in [0.717, 1.165) is 6.92 Å². The molecule has 21 heavy (non-hydrogen) atoms. The smallest absolute Gasteiger partial charge is 0.327 e. The Labute approximate surface area is 135 Å². The zero-order valence-electron chi connectivity index (χ0n) is 11.0. The van der Waals surface area contributed by atoms with E-state index in [9.17, 15) is 18.0 Å². The van der Waals surface area contributed by atoms with Crippen molar-refractivity contribution in [1.29, 1.82) is 0 Å². The Morgan fingerprint density at radius 2 is 2.05 bits per heavy atom. The van der Waals surface area contributed by atoms with Crippen LogP contribution in [0.5, 0.6) is 0 Å². The lowest BCUT2D eigenvalue weighted by atomic mass is 10.2. The molecule has 2 N–H and O–H groups in total. The Morgan fingerprint density at radius 1 is 1.43 bits per heavy atom. The van der Waals surface area contributed by atoms with E-state index in [0.29, 0.717) is 10.0 Å². The summed E-state index contributed by atoms with van der Waals surface area (Å²) in [7, 11) is -3.76. The van der Waals surface area contributed by atoms with Crippen molar-refractivity contribution in [1.82, 2.24) is 5.32 Å². The first-order valence-electron chi connectivity index (χ1n) is 5.75. The second-order valence-corrected chi connectivity index (χ2v) is 7.81. The van der Waals surface area contributed by atoms with Crippen LogP contribution in [0, 0.1) is 0 Å². The Hall–Kier alpha value is -1.12. The predicted molar refractivity (Wildman–Crippen MR) is 81.9 cm³/mol. The summed E-state index contributed by atoms with van der Waals surface area (Å²) in [5.74, 6) is -3.12. The van der Waals surface area contributed by atoms with Gasteiger partial charge in [-0.1, -0.05) is 33.6 Å². The van der Waals surface area contributed by atoms with Gasteiger partial charge in [0.25, 0.3) is 0 Å². The van der Waals surface area contributed by atoms with Crippen molar-refractivity contribution in [3.8, 4) is 0 Å². The first-order chi connectivity index (χ1) is 9.60. The Kier molecular flexibility index (Phi) is 6.18. The van der Waals surface area contributed by atoms with Crippen molar-refractivity contribution in [2.24, 2.45) is 0 Å². The maximum Gasteiger partial charge on any atom is 0.327 e. The molecule has 0 saturated carbocycles. The van der Waals surface area contributed by atoms with E-state index in [1.165, 1.54) is 6.07 Å². The fraction of sp³-hybridized carbons (Fsp3) is 0.333. The van der Waals surface area contributed by atoms with Gasteiger partial charge in [-0.3, -0.25) is 4.79 Å². The van der Waals surface area contributed by atoms with Gasteiger partial charge in [-0.15, -0.1) is 0 Å². The van der Waals surface area contributed by atoms with Gasteiger partial charge in [0.05, 0.1) is 11.5 Å². The number of carboxylic acids is 1. The predicted octanol–water partition coefficient (Wildman–Crippen LogP) is 1.61. The number of nitrogens with one attached hydrogen (secondary N) is 1. The molecule has 0 spiro atoms. The first kappa shape index (κ1) is 17.9. The molecule has 9 heteroatoms. The van der Waals surface area contributed by atoms with Crippen molar-refractivity contribution < 1.29 is 23.1 Å². The van der Waals surface area contributed by atoms with E-state index < -0.39 is 39.3 Å². The minimum absolute atomic E-state index is 0.263. The van der Waals surface area contributed by atoms with Gasteiger partial charge in [-0.05, 0) is 17.7 Å². The average molecular weight is 399 g/mol. The molecule has 0 saturated heterocycles. The Morgan fingerprint density at radius 3 is 2.52 bits per heavy atom. The lowest BCUT2D eigenvalue weighted by Crippen LogP contribution is -2.44. The lowest BCUT2D eigenvalue weighted by Gasteiger charge is -2.14. The van der Waals surface area contributed by atoms with Gasteiger partial charge in [0.1, 0.15) is 6.04 Å². The normalized spacial score (nSPS) is 12.7. The molecule has 0 aliphatic carbocycles. The molecule has 0 bridgehead atoms. The number of carbonyl (C=O) groups is 2. The van der Waals surface area contributed by atoms with E-state index in [-0.39, 0.29) is 5.02 Å². The van der Waals surface area contributed by atoms with Gasteiger partial charge in [0.2, 0.25) is 5.91 Å². The summed E-state index contributed by atoms with van der Waals surface area (Å²) in [5.41, 5.74) is 0.367. The van der Waals surface area contributed by atoms with Crippen molar-refractivity contribution in [2.75, 3.05) is 5.75 Å². The maximum atomic E-state index is 12.0. The highest BCUT2D eigenvalue weighted by molar-refractivity contribution is 9.10. The SMILES string of the molecule is CC(=O)NC(CS(=O)(=O)Cc1ccc(Br)cc1Cl)C(=O)O. The molecule has 0 aliphatic heterocycles. The summed E-state index contributed by atoms with van der Waals surface area (Å²) in [5, 5.41) is 11.3. The molecular weight excluding hydrogens is 386 g/mol. The number of sulfone groups is 1. The van der Waals surface area contributed by atoms with Crippen LogP contribution in [-0.2, 0) is 25.2 Å². The van der Waals surface area contributed by atoms with Crippen LogP contribution in [0.3, 0.4) is 0 Å². The molecule has 0 radical (unpaired) electrons. The molecule has 1 aromatic carbocycles. The fourth-order valence-corrected chi connectivity index (χ4v) is 4.01. The van der Waals surface area contributed by atoms with Crippen LogP contribution in [0.1, 0.15) is 12.5 Å². The van der Waals surface area contributed by atoms with Crippen LogP contribution in [0.2, 0.25) is 5.02 Å². The van der Waals surface area contributed by atoms with Crippen LogP contribution in [-0.4, -0.2) is 37.2 Å². The number of rotatable bonds is 6. The van der Waals surface area contributed by atoms with Crippen LogP contribution in [0.25, 0.3) is 0 Å². The summed E-state index contributed by atoms with van der Waals surface area (Å²) in [6, 6.07) is 3.24. The topological polar surface area (TPSA) is 101 Å². The Bertz CT molecular complexity index is 662. The summed E-state index contributed by atoms with van der Waals surface area (Å²) >= 11 is 9.14. The van der Waals surface area contributed by atoms with Crippen molar-refractivity contribution >= 4 is 49.2 Å². The number of benzene rings is 1. The second-order valence-electron chi connectivity index (χ2n) is 4.38. The molecule has 0 aliphatic rings. The van der Waals surface area contributed by atoms with Gasteiger partial charge in [0, 0.05) is 16.4 Å². The van der Waals surface area contributed by atoms with Gasteiger partial charge in [-0.25, -0.2) is 13.2 Å². The highest BCUT2D eigenvalue weighted by atomic mass is 79.9. The third-order valence-electron chi connectivity index (χ3n) is 2.49. The molecule has 1 unspecified atom stereocenters. The van der Waals surface area contributed by atoms with Gasteiger partial charge in [-0.2, -0.15) is 0 Å². The van der Waals surface area contributed by atoms with Crippen LogP contribution in [0.15, 0.2) is 22.7 Å². The quantitative estimate of drug-likeness (QED) is 0.758. The maximum absolute atomic E-state index is 12.0. The van der Waals surface area contributed by atoms with Crippen LogP contribution in [0.4, 0.5) is 0 Å². The molecule has 1 amide bonds. The highest BCUT2D eigenvalue weighted by Crippen LogP contribution is 2.23. The standard InChI is InChI=1S/C12H13BrClNO5S/c1-7(16)15-11(12(17)18)6-21(19,20)5-8-2-3-9(13)4-10(8)14/h2-4,11H,5-6H2,1H3,(H,15,16)(H,17,18). The van der Waals surface area contributed by atoms with Gasteiger partial charge < -0.3 is 10.4 Å². The molecule has 1 rings (SSSR count). The number of carboxylic acid groups (broad SMARTS) is 1. The largest absolute Gasteiger partial charge is 0.480 e. The summed E-state index contributed by atoms with van der Waals surface area (Å²) in [6.07, 6.45) is 0. The van der Waals surface area contributed by atoms with Crippen molar-refractivity contribution in [2.45, 2.75) is 18.7 Å². The van der Waals surface area contributed by atoms with Gasteiger partial charge >= 0.3 is 5.97 Å². The number of aliphatic carboxylic acids is 1. The summed E-state index contributed by atoms with van der Waals surface area (Å²) < 4.78 is 24.8. The fourth-order valence-electron chi connectivity index (χ4n) is 1.61. The van der Waals surface area contributed by atoms with Crippen LogP contribution < -0.4 is 5.32 Å². The number of carbonyl (C=O) groups excluding carboxylic acids is 1. The summed E-state index contributed by atoms with van der Waals surface area (Å²) in [4.78, 5) is 21.9. The third-order valence-corrected chi connectivity index (χ3v) is 4.92. The monoisotopic (exact) mass is 397 g/mol. The van der Waals surface area contributed by atoms with Crippen LogP contribution >= 0.6 is 27.5 Å². The molecule has 116 valence electrons. The average Bonchev–Trinajstić information content (AvgIpc) is 2.31.